The van der Waals surface area contributed by atoms with E-state index in [-0.39, 0.29) is 11.8 Å². The first-order valence-electron chi connectivity index (χ1n) is 6.33. The van der Waals surface area contributed by atoms with Crippen molar-refractivity contribution in [3.05, 3.63) is 23.2 Å². The minimum Gasteiger partial charge on any atom is -0.481 e. The van der Waals surface area contributed by atoms with Crippen LogP contribution in [0.25, 0.3) is 0 Å². The summed E-state index contributed by atoms with van der Waals surface area (Å²) in [7, 11) is 4.25. The molecule has 22 heavy (non-hydrogen) atoms. The Balaban J connectivity index is 2.65. The largest absolute Gasteiger partial charge is 0.481 e. The lowest BCUT2D eigenvalue weighted by molar-refractivity contribution is -0.136. The van der Waals surface area contributed by atoms with E-state index in [2.05, 4.69) is 20.6 Å². The Labute approximate surface area is 132 Å². The molecule has 0 radical (unpaired) electrons. The summed E-state index contributed by atoms with van der Waals surface area (Å²) in [5, 5.41) is 6.26. The molecule has 118 valence electrons. The van der Waals surface area contributed by atoms with Gasteiger partial charge in [-0.25, -0.2) is 14.8 Å². The maximum atomic E-state index is 12.1. The highest BCUT2D eigenvalue weighted by Crippen LogP contribution is 2.37. The Bertz CT molecular complexity index is 625. The molecule has 1 aromatic heterocycles. The number of hydrogen-bond acceptors (Lipinski definition) is 7. The maximum Gasteiger partial charge on any atom is 0.337 e. The molecule has 8 nitrogen and oxygen atoms in total. The summed E-state index contributed by atoms with van der Waals surface area (Å²) in [6.45, 7) is 1.73. The fourth-order valence-corrected chi connectivity index (χ4v) is 2.50. The molecule has 2 heterocycles. The zero-order valence-electron chi connectivity index (χ0n) is 12.6. The van der Waals surface area contributed by atoms with Gasteiger partial charge in [0.2, 0.25) is 11.8 Å². The molecule has 2 N–H and O–H groups in total. The molecule has 0 spiro atoms. The van der Waals surface area contributed by atoms with Crippen molar-refractivity contribution in [2.45, 2.75) is 13.0 Å². The Morgan fingerprint density at radius 1 is 1.23 bits per heavy atom. The van der Waals surface area contributed by atoms with Crippen LogP contribution >= 0.6 is 12.2 Å². The first-order chi connectivity index (χ1) is 10.5. The number of aromatic nitrogens is 2. The van der Waals surface area contributed by atoms with Crippen LogP contribution in [0.4, 0.5) is 0 Å². The van der Waals surface area contributed by atoms with E-state index >= 15 is 0 Å². The van der Waals surface area contributed by atoms with Crippen LogP contribution < -0.4 is 20.1 Å². The van der Waals surface area contributed by atoms with Gasteiger partial charge in [0.1, 0.15) is 11.9 Å². The molecule has 9 heteroatoms. The summed E-state index contributed by atoms with van der Waals surface area (Å²) >= 11 is 5.16. The molecule has 0 aliphatic carbocycles. The number of carbonyl (C=O) groups excluding carboxylic acids is 1. The number of carbonyl (C=O) groups is 1. The van der Waals surface area contributed by atoms with E-state index in [9.17, 15) is 4.79 Å². The third kappa shape index (κ3) is 2.80. The van der Waals surface area contributed by atoms with Crippen LogP contribution in [-0.4, -0.2) is 42.4 Å². The number of nitrogens with zero attached hydrogens (tertiary/aromatic N) is 2. The van der Waals surface area contributed by atoms with Crippen molar-refractivity contribution in [2.24, 2.45) is 0 Å². The topological polar surface area (TPSA) is 94.6 Å². The Hall–Kier alpha value is -2.42. The summed E-state index contributed by atoms with van der Waals surface area (Å²) in [4.78, 5) is 20.3. The van der Waals surface area contributed by atoms with Gasteiger partial charge in [0.15, 0.2) is 5.11 Å². The highest BCUT2D eigenvalue weighted by atomic mass is 32.1. The van der Waals surface area contributed by atoms with Crippen LogP contribution in [0.5, 0.6) is 11.8 Å². The van der Waals surface area contributed by atoms with Gasteiger partial charge in [-0.1, -0.05) is 0 Å². The summed E-state index contributed by atoms with van der Waals surface area (Å²) in [6, 6.07) is -0.646. The summed E-state index contributed by atoms with van der Waals surface area (Å²) < 4.78 is 15.4. The van der Waals surface area contributed by atoms with Crippen LogP contribution in [0, 0.1) is 0 Å². The first-order valence-corrected chi connectivity index (χ1v) is 6.73. The predicted molar refractivity (Wildman–Crippen MR) is 81.5 cm³/mol. The second-order valence-electron chi connectivity index (χ2n) is 4.37. The van der Waals surface area contributed by atoms with Crippen molar-refractivity contribution in [1.82, 2.24) is 20.6 Å². The number of esters is 1. The predicted octanol–water partition coefficient (Wildman–Crippen LogP) is 0.460. The third-order valence-corrected chi connectivity index (χ3v) is 3.38. The lowest BCUT2D eigenvalue weighted by Gasteiger charge is -2.30. The molecule has 0 saturated carbocycles. The number of hydrogen-bond donors (Lipinski definition) is 2. The third-order valence-electron chi connectivity index (χ3n) is 3.16. The monoisotopic (exact) mass is 324 g/mol. The lowest BCUT2D eigenvalue weighted by Crippen LogP contribution is -2.45. The highest BCUT2D eigenvalue weighted by molar-refractivity contribution is 7.80. The van der Waals surface area contributed by atoms with E-state index in [4.69, 9.17) is 26.4 Å². The van der Waals surface area contributed by atoms with Gasteiger partial charge in [0, 0.05) is 5.70 Å². The van der Waals surface area contributed by atoms with Crippen LogP contribution in [-0.2, 0) is 9.53 Å². The smallest absolute Gasteiger partial charge is 0.337 e. The van der Waals surface area contributed by atoms with Crippen LogP contribution in [0.3, 0.4) is 0 Å². The van der Waals surface area contributed by atoms with Gasteiger partial charge >= 0.3 is 5.97 Å². The van der Waals surface area contributed by atoms with Crippen molar-refractivity contribution in [2.75, 3.05) is 21.3 Å². The summed E-state index contributed by atoms with van der Waals surface area (Å²) in [5.41, 5.74) is 1.40. The molecule has 0 bridgehead atoms. The van der Waals surface area contributed by atoms with Gasteiger partial charge in [0.05, 0.1) is 32.9 Å². The van der Waals surface area contributed by atoms with Crippen LogP contribution in [0.15, 0.2) is 17.6 Å². The van der Waals surface area contributed by atoms with E-state index < -0.39 is 12.0 Å². The zero-order chi connectivity index (χ0) is 16.3. The fourth-order valence-electron chi connectivity index (χ4n) is 2.23. The van der Waals surface area contributed by atoms with Gasteiger partial charge in [-0.2, -0.15) is 0 Å². The number of ether oxygens (including phenoxy) is 3. The van der Waals surface area contributed by atoms with E-state index in [1.807, 2.05) is 0 Å². The molecule has 1 atom stereocenters. The van der Waals surface area contributed by atoms with Crippen molar-refractivity contribution < 1.29 is 19.0 Å². The number of nitrogens with one attached hydrogen (secondary N) is 2. The molecular weight excluding hydrogens is 308 g/mol. The van der Waals surface area contributed by atoms with Gasteiger partial charge in [-0.05, 0) is 19.1 Å². The summed E-state index contributed by atoms with van der Waals surface area (Å²) in [5.74, 6) is 0.0597. The average molecular weight is 324 g/mol. The molecule has 2 rings (SSSR count). The highest BCUT2D eigenvalue weighted by Gasteiger charge is 2.35. The van der Waals surface area contributed by atoms with Crippen LogP contribution in [0.1, 0.15) is 18.5 Å². The minimum atomic E-state index is -0.646. The molecule has 0 aromatic carbocycles. The average Bonchev–Trinajstić information content (AvgIpc) is 2.52. The zero-order valence-corrected chi connectivity index (χ0v) is 13.4. The van der Waals surface area contributed by atoms with E-state index in [0.29, 0.717) is 21.9 Å². The van der Waals surface area contributed by atoms with Gasteiger partial charge in [-0.3, -0.25) is 0 Å². The number of thiocarbonyl (C=S) groups is 1. The number of allylic oxidation sites excluding steroid dienone is 1. The summed E-state index contributed by atoms with van der Waals surface area (Å²) in [6.07, 6.45) is 1.31. The van der Waals surface area contributed by atoms with Gasteiger partial charge in [-0.15, -0.1) is 0 Å². The molecule has 0 saturated heterocycles. The molecule has 0 amide bonds. The van der Waals surface area contributed by atoms with Crippen molar-refractivity contribution >= 4 is 23.3 Å². The van der Waals surface area contributed by atoms with Gasteiger partial charge in [0.25, 0.3) is 0 Å². The molecule has 1 aliphatic rings. The molecule has 0 unspecified atom stereocenters. The fraction of sp³-hybridized carbons (Fsp3) is 0.385. The Kier molecular flexibility index (Phi) is 4.76. The molecule has 1 aliphatic heterocycles. The second kappa shape index (κ2) is 6.56. The minimum absolute atomic E-state index is 0.281. The van der Waals surface area contributed by atoms with E-state index in [1.165, 1.54) is 27.7 Å². The lowest BCUT2D eigenvalue weighted by atomic mass is 9.97. The standard InChI is InChI=1S/C13H16N4O4S/c1-6-7(12(18)21-4)9(17-13(22)16-6)8-10(19-2)14-5-15-11(8)20-3/h5,9H,1-4H3,(H2,16,17,22)/t9-/m1/s1. The molecular formula is C13H16N4O4S. The van der Waals surface area contributed by atoms with Crippen molar-refractivity contribution in [1.29, 1.82) is 0 Å². The SMILES string of the molecule is COC(=O)C1=C(C)NC(=S)N[C@H]1c1c(OC)ncnc1OC. The number of rotatable bonds is 4. The Morgan fingerprint density at radius 3 is 2.32 bits per heavy atom. The molecule has 0 fully saturated rings. The van der Waals surface area contributed by atoms with Crippen molar-refractivity contribution in [3.8, 4) is 11.8 Å². The first kappa shape index (κ1) is 16.0. The molecule has 1 aromatic rings. The van der Waals surface area contributed by atoms with Crippen LogP contribution in [0.2, 0.25) is 0 Å². The maximum absolute atomic E-state index is 12.1. The normalized spacial score (nSPS) is 17.5. The second-order valence-corrected chi connectivity index (χ2v) is 4.78. The van der Waals surface area contributed by atoms with E-state index in [1.54, 1.807) is 6.92 Å². The number of methoxy groups -OCH3 is 3. The van der Waals surface area contributed by atoms with E-state index in [0.717, 1.165) is 0 Å². The van der Waals surface area contributed by atoms with Crippen molar-refractivity contribution in [3.63, 3.8) is 0 Å². The van der Waals surface area contributed by atoms with Gasteiger partial charge < -0.3 is 24.8 Å². The quantitative estimate of drug-likeness (QED) is 0.605. The Morgan fingerprint density at radius 2 is 1.82 bits per heavy atom.